The molecule has 3 rings (SSSR count). The van der Waals surface area contributed by atoms with Crippen molar-refractivity contribution in [3.8, 4) is 0 Å². The third kappa shape index (κ3) is 2.72. The largest absolute Gasteiger partial charge is 0.505 e. The van der Waals surface area contributed by atoms with Gasteiger partial charge >= 0.3 is 5.97 Å². The highest BCUT2D eigenvalue weighted by Gasteiger charge is 2.37. The first kappa shape index (κ1) is 13.4. The van der Waals surface area contributed by atoms with Crippen LogP contribution in [0.5, 0.6) is 0 Å². The lowest BCUT2D eigenvalue weighted by Gasteiger charge is -2.28. The molecule has 1 aromatic carbocycles. The van der Waals surface area contributed by atoms with Crippen LogP contribution < -0.4 is 5.32 Å². The van der Waals surface area contributed by atoms with E-state index in [-0.39, 0.29) is 19.9 Å². The van der Waals surface area contributed by atoms with E-state index in [0.717, 1.165) is 12.3 Å². The molecule has 0 aliphatic carbocycles. The number of aliphatic hydroxyl groups is 1. The van der Waals surface area contributed by atoms with Crippen LogP contribution in [0.1, 0.15) is 19.3 Å². The van der Waals surface area contributed by atoms with Gasteiger partial charge in [0.05, 0.1) is 11.1 Å². The number of thiazole rings is 1. The van der Waals surface area contributed by atoms with E-state index in [2.05, 4.69) is 10.3 Å². The number of nitrogens with one attached hydrogen (secondary N) is 1. The highest BCUT2D eigenvalue weighted by Crippen LogP contribution is 2.34. The van der Waals surface area contributed by atoms with E-state index in [9.17, 15) is 23.1 Å². The number of carbonyl (C=O) groups excluding carboxylic acids is 1. The third-order valence-corrected chi connectivity index (χ3v) is 5.72. The highest BCUT2D eigenvalue weighted by molar-refractivity contribution is 7.89. The molecule has 25 heavy (non-hydrogen) atoms. The van der Waals surface area contributed by atoms with Crippen molar-refractivity contribution in [2.45, 2.75) is 4.90 Å². The number of anilines is 1. The molecular formula is C14H11N3O6S2. The molecule has 0 radical (unpaired) electrons. The monoisotopic (exact) mass is 384 g/mol. The fraction of sp³-hybridized carbons (Fsp3) is 0.0714. The fourth-order valence-corrected chi connectivity index (χ4v) is 4.07. The molecule has 0 atom stereocenters. The molecule has 0 bridgehead atoms. The topological polar surface area (TPSA) is 137 Å². The third-order valence-electron chi connectivity index (χ3n) is 3.24. The van der Waals surface area contributed by atoms with Gasteiger partial charge < -0.3 is 10.2 Å². The highest BCUT2D eigenvalue weighted by atomic mass is 32.2. The Morgan fingerprint density at radius 1 is 1.36 bits per heavy atom. The molecule has 2 aromatic rings. The van der Waals surface area contributed by atoms with Gasteiger partial charge in [0, 0.05) is 16.7 Å². The molecule has 9 nitrogen and oxygen atoms in total. The van der Waals surface area contributed by atoms with E-state index in [1.54, 1.807) is 0 Å². The Hall–Kier alpha value is -2.92. The number of aromatic carboxylic acids is 1. The zero-order valence-corrected chi connectivity index (χ0v) is 13.8. The number of sulfonamides is 1. The van der Waals surface area contributed by atoms with Crippen molar-refractivity contribution in [1.29, 1.82) is 0 Å². The Morgan fingerprint density at radius 3 is 2.72 bits per heavy atom. The van der Waals surface area contributed by atoms with Crippen molar-refractivity contribution in [1.82, 2.24) is 9.29 Å². The average molecular weight is 384 g/mol. The Kier molecular flexibility index (Phi) is 3.14. The van der Waals surface area contributed by atoms with Gasteiger partial charge in [0.15, 0.2) is 16.6 Å². The molecule has 0 spiro atoms. The zero-order chi connectivity index (χ0) is 20.9. The first-order valence-corrected chi connectivity index (χ1v) is 8.79. The van der Waals surface area contributed by atoms with Gasteiger partial charge in [-0.25, -0.2) is 18.2 Å². The van der Waals surface area contributed by atoms with E-state index in [4.69, 9.17) is 9.22 Å². The summed E-state index contributed by atoms with van der Waals surface area (Å²) in [5, 5.41) is 21.3. The second-order valence-electron chi connectivity index (χ2n) is 4.75. The minimum absolute atomic E-state index is 0.140. The number of aliphatic hydroxyl groups excluding tert-OH is 1. The lowest BCUT2D eigenvalue weighted by molar-refractivity contribution is -0.113. The van der Waals surface area contributed by atoms with Crippen molar-refractivity contribution in [3.05, 3.63) is 46.6 Å². The van der Waals surface area contributed by atoms with E-state index < -0.39 is 45.2 Å². The number of amides is 1. The number of likely N-dealkylation sites (N-methyl/N-ethyl adjacent to an activating group) is 1. The number of carboxylic acids is 1. The van der Waals surface area contributed by atoms with Crippen LogP contribution in [0.25, 0.3) is 5.76 Å². The van der Waals surface area contributed by atoms with Crippen LogP contribution >= 0.6 is 11.3 Å². The predicted molar refractivity (Wildman–Crippen MR) is 88.6 cm³/mol. The fourth-order valence-electron chi connectivity index (χ4n) is 2.12. The first-order valence-electron chi connectivity index (χ1n) is 8.03. The van der Waals surface area contributed by atoms with E-state index in [1.807, 2.05) is 0 Å². The van der Waals surface area contributed by atoms with Crippen molar-refractivity contribution in [3.63, 3.8) is 0 Å². The van der Waals surface area contributed by atoms with Crippen molar-refractivity contribution in [2.75, 3.05) is 12.3 Å². The van der Waals surface area contributed by atoms with E-state index >= 15 is 0 Å². The first-order chi connectivity index (χ1) is 12.9. The van der Waals surface area contributed by atoms with Crippen LogP contribution in [0.3, 0.4) is 0 Å². The Labute approximate surface area is 150 Å². The van der Waals surface area contributed by atoms with E-state index in [0.29, 0.717) is 11.3 Å². The molecule has 1 amide bonds. The number of benzene rings is 1. The number of hydrogen-bond donors (Lipinski definition) is 3. The maximum Gasteiger partial charge on any atom is 0.347 e. The van der Waals surface area contributed by atoms with Gasteiger partial charge in [-0.15, -0.1) is 0 Å². The molecule has 11 heteroatoms. The minimum atomic E-state index is -4.69. The summed E-state index contributed by atoms with van der Waals surface area (Å²) >= 11 is 0.573. The molecule has 1 aliphatic heterocycles. The van der Waals surface area contributed by atoms with Crippen molar-refractivity contribution in [2.24, 2.45) is 0 Å². The van der Waals surface area contributed by atoms with Gasteiger partial charge in [0.25, 0.3) is 15.9 Å². The molecule has 0 saturated heterocycles. The Bertz CT molecular complexity index is 1120. The number of fused-ring (bicyclic) bond motifs is 1. The number of rotatable bonds is 3. The molecular weight excluding hydrogens is 370 g/mol. The van der Waals surface area contributed by atoms with Crippen LogP contribution in [0.4, 0.5) is 5.13 Å². The van der Waals surface area contributed by atoms with Gasteiger partial charge in [0.1, 0.15) is 4.88 Å². The van der Waals surface area contributed by atoms with Gasteiger partial charge in [-0.1, -0.05) is 23.5 Å². The Morgan fingerprint density at radius 2 is 2.08 bits per heavy atom. The number of carbonyl (C=O) groups is 2. The smallest absolute Gasteiger partial charge is 0.347 e. The summed E-state index contributed by atoms with van der Waals surface area (Å²) in [5.74, 6) is -3.43. The SMILES string of the molecule is [2H]C([2H])([2H])N1C(C(=O)Nc2ncc(C(=O)O)s2)=C(O)c2ccccc2S1(=O)=O. The molecule has 0 unspecified atom stereocenters. The predicted octanol–water partition coefficient (Wildman–Crippen LogP) is 1.34. The second kappa shape index (κ2) is 5.86. The zero-order valence-electron chi connectivity index (χ0n) is 15.1. The number of carboxylic acid groups (broad SMARTS) is 1. The molecule has 0 saturated carbocycles. The minimum Gasteiger partial charge on any atom is -0.505 e. The summed E-state index contributed by atoms with van der Waals surface area (Å²) < 4.78 is 48.1. The maximum absolute atomic E-state index is 12.8. The van der Waals surface area contributed by atoms with Crippen LogP contribution in [-0.2, 0) is 14.8 Å². The lowest BCUT2D eigenvalue weighted by Crippen LogP contribution is -2.37. The van der Waals surface area contributed by atoms with Crippen molar-refractivity contribution < 1.29 is 32.3 Å². The second-order valence-corrected chi connectivity index (χ2v) is 7.54. The Balaban J connectivity index is 2.14. The summed E-state index contributed by atoms with van der Waals surface area (Å²) in [6.45, 7) is -3.32. The summed E-state index contributed by atoms with van der Waals surface area (Å²) in [5.41, 5.74) is -1.26. The number of hydrogen-bond acceptors (Lipinski definition) is 7. The summed E-state index contributed by atoms with van der Waals surface area (Å²) in [6.07, 6.45) is 0.964. The summed E-state index contributed by atoms with van der Waals surface area (Å²) in [4.78, 5) is 26.5. The van der Waals surface area contributed by atoms with Crippen LogP contribution in [0, 0.1) is 0 Å². The summed E-state index contributed by atoms with van der Waals surface area (Å²) in [7, 11) is -4.69. The molecule has 3 N–H and O–H groups in total. The van der Waals surface area contributed by atoms with Gasteiger partial charge in [-0.2, -0.15) is 0 Å². The number of nitrogens with zero attached hydrogens (tertiary/aromatic N) is 2. The quantitative estimate of drug-likeness (QED) is 0.726. The van der Waals surface area contributed by atoms with Crippen LogP contribution in [0.15, 0.2) is 41.1 Å². The van der Waals surface area contributed by atoms with Gasteiger partial charge in [-0.05, 0) is 12.1 Å². The van der Waals surface area contributed by atoms with Gasteiger partial charge in [-0.3, -0.25) is 14.4 Å². The standard InChI is InChI=1S/C14H11N3O6S2/c1-17-10(12(19)16-14-15-6-8(24-14)13(20)21)11(18)7-4-2-3-5-9(7)25(17,22)23/h2-6,18H,1H3,(H,20,21)(H,15,16,19)/i1D3. The normalized spacial score (nSPS) is 17.9. The number of aromatic nitrogens is 1. The average Bonchev–Trinajstić information content (AvgIpc) is 3.05. The van der Waals surface area contributed by atoms with Crippen LogP contribution in [0.2, 0.25) is 0 Å². The van der Waals surface area contributed by atoms with Gasteiger partial charge in [0.2, 0.25) is 0 Å². The lowest BCUT2D eigenvalue weighted by atomic mass is 10.1. The molecule has 130 valence electrons. The molecule has 1 aliphatic rings. The summed E-state index contributed by atoms with van der Waals surface area (Å²) in [6, 6.07) is 5.08. The molecule has 0 fully saturated rings. The molecule has 1 aromatic heterocycles. The van der Waals surface area contributed by atoms with Crippen molar-refractivity contribution >= 4 is 44.1 Å². The van der Waals surface area contributed by atoms with Crippen LogP contribution in [-0.4, -0.2) is 46.8 Å². The molecule has 2 heterocycles. The maximum atomic E-state index is 12.8. The van der Waals surface area contributed by atoms with E-state index in [1.165, 1.54) is 18.2 Å².